The number of nitrogens with zero attached hydrogens (tertiary/aromatic N) is 2. The maximum Gasteiger partial charge on any atom is 0.416 e. The molecule has 6 nitrogen and oxygen atoms in total. The van der Waals surface area contributed by atoms with E-state index in [1.807, 2.05) is 13.8 Å². The Bertz CT molecular complexity index is 1140. The predicted octanol–water partition coefficient (Wildman–Crippen LogP) is 4.36. The van der Waals surface area contributed by atoms with Gasteiger partial charge < -0.3 is 10.0 Å². The first-order valence-corrected chi connectivity index (χ1v) is 13.0. The van der Waals surface area contributed by atoms with E-state index in [1.165, 1.54) is 22.5 Å². The second-order valence-corrected chi connectivity index (χ2v) is 11.2. The van der Waals surface area contributed by atoms with Gasteiger partial charge in [-0.15, -0.1) is 0 Å². The van der Waals surface area contributed by atoms with Gasteiger partial charge in [-0.2, -0.15) is 17.5 Å². The van der Waals surface area contributed by atoms with Crippen LogP contribution in [0.1, 0.15) is 42.5 Å². The third kappa shape index (κ3) is 6.83. The molecular formula is C25H31F3N2O4S. The number of hydrogen-bond donors (Lipinski definition) is 1. The average molecular weight is 513 g/mol. The van der Waals surface area contributed by atoms with Crippen molar-refractivity contribution in [1.29, 1.82) is 0 Å². The van der Waals surface area contributed by atoms with Gasteiger partial charge >= 0.3 is 12.1 Å². The van der Waals surface area contributed by atoms with Crippen molar-refractivity contribution >= 4 is 16.0 Å². The number of benzene rings is 2. The predicted molar refractivity (Wildman–Crippen MR) is 127 cm³/mol. The zero-order valence-corrected chi connectivity index (χ0v) is 20.9. The fourth-order valence-electron chi connectivity index (χ4n) is 4.81. The molecule has 10 heteroatoms. The van der Waals surface area contributed by atoms with E-state index < -0.39 is 27.7 Å². The van der Waals surface area contributed by atoms with Crippen LogP contribution in [-0.2, 0) is 33.8 Å². The molecule has 1 aliphatic rings. The third-order valence-corrected chi connectivity index (χ3v) is 8.28. The number of carbonyl (C=O) groups is 1. The molecule has 3 rings (SSSR count). The summed E-state index contributed by atoms with van der Waals surface area (Å²) >= 11 is 0. The molecule has 2 aromatic rings. The van der Waals surface area contributed by atoms with Gasteiger partial charge in [0.15, 0.2) is 0 Å². The smallest absolute Gasteiger partial charge is 0.416 e. The average Bonchev–Trinajstić information content (AvgIpc) is 2.72. The zero-order chi connectivity index (χ0) is 26.0. The van der Waals surface area contributed by atoms with Crippen molar-refractivity contribution in [2.45, 2.75) is 63.2 Å². The van der Waals surface area contributed by atoms with Gasteiger partial charge in [-0.05, 0) is 81.1 Å². The van der Waals surface area contributed by atoms with E-state index in [0.717, 1.165) is 24.1 Å². The Morgan fingerprint density at radius 2 is 1.63 bits per heavy atom. The number of piperazine rings is 1. The van der Waals surface area contributed by atoms with Crippen LogP contribution in [0.15, 0.2) is 47.4 Å². The normalized spacial score (nSPS) is 20.2. The van der Waals surface area contributed by atoms with Gasteiger partial charge in [0, 0.05) is 25.2 Å². The van der Waals surface area contributed by atoms with E-state index in [-0.39, 0.29) is 23.4 Å². The van der Waals surface area contributed by atoms with Crippen molar-refractivity contribution < 1.29 is 31.5 Å². The number of hydrogen-bond acceptors (Lipinski definition) is 4. The standard InChI is InChI=1S/C25H31F3N2O4S/c1-17-11-21(14-24(31)32)13-23(12-17)35(33,34)30-18(2)15-29(16-19(30)3)10-4-5-20-6-8-22(9-7-20)25(26,27)28/h6-9,11-13,18-19H,4-5,10,14-16H2,1-3H3,(H,31,32). The van der Waals surface area contributed by atoms with Crippen molar-refractivity contribution in [3.8, 4) is 0 Å². The Morgan fingerprint density at radius 3 is 2.17 bits per heavy atom. The molecule has 2 aromatic carbocycles. The van der Waals surface area contributed by atoms with Gasteiger partial charge in [0.05, 0.1) is 16.9 Å². The summed E-state index contributed by atoms with van der Waals surface area (Å²) in [6.45, 7) is 7.21. The number of rotatable bonds is 8. The molecule has 1 saturated heterocycles. The minimum absolute atomic E-state index is 0.100. The second kappa shape index (κ2) is 10.7. The fraction of sp³-hybridized carbons (Fsp3) is 0.480. The highest BCUT2D eigenvalue weighted by molar-refractivity contribution is 7.89. The van der Waals surface area contributed by atoms with Crippen LogP contribution in [0, 0.1) is 6.92 Å². The molecule has 0 aromatic heterocycles. The zero-order valence-electron chi connectivity index (χ0n) is 20.0. The van der Waals surface area contributed by atoms with E-state index in [4.69, 9.17) is 5.11 Å². The van der Waals surface area contributed by atoms with Gasteiger partial charge in [-0.1, -0.05) is 18.2 Å². The number of carboxylic acid groups (broad SMARTS) is 1. The number of halogens is 3. The monoisotopic (exact) mass is 512 g/mol. The van der Waals surface area contributed by atoms with Crippen molar-refractivity contribution in [2.75, 3.05) is 19.6 Å². The fourth-order valence-corrected chi connectivity index (χ4v) is 6.77. The molecule has 1 heterocycles. The molecule has 0 bridgehead atoms. The van der Waals surface area contributed by atoms with Crippen LogP contribution in [0.5, 0.6) is 0 Å². The SMILES string of the molecule is Cc1cc(CC(=O)O)cc(S(=O)(=O)N2C(C)CN(CCCc3ccc(C(F)(F)F)cc3)CC2C)c1. The van der Waals surface area contributed by atoms with E-state index in [1.54, 1.807) is 19.1 Å². The van der Waals surface area contributed by atoms with E-state index in [2.05, 4.69) is 4.90 Å². The highest BCUT2D eigenvalue weighted by atomic mass is 32.2. The highest BCUT2D eigenvalue weighted by Gasteiger charge is 2.38. The van der Waals surface area contributed by atoms with Crippen molar-refractivity contribution in [2.24, 2.45) is 0 Å². The Labute approximate surface area is 204 Å². The molecule has 0 amide bonds. The van der Waals surface area contributed by atoms with Crippen molar-refractivity contribution in [3.05, 3.63) is 64.7 Å². The lowest BCUT2D eigenvalue weighted by atomic mass is 10.1. The maximum absolute atomic E-state index is 13.5. The van der Waals surface area contributed by atoms with Gasteiger partial charge in [0.25, 0.3) is 0 Å². The molecule has 1 fully saturated rings. The van der Waals surface area contributed by atoms with Crippen LogP contribution in [0.3, 0.4) is 0 Å². The van der Waals surface area contributed by atoms with Crippen LogP contribution in [0.25, 0.3) is 0 Å². The number of alkyl halides is 3. The van der Waals surface area contributed by atoms with E-state index in [9.17, 15) is 26.4 Å². The summed E-state index contributed by atoms with van der Waals surface area (Å²) in [5.41, 5.74) is 1.30. The number of carboxylic acids is 1. The first-order chi connectivity index (χ1) is 16.3. The maximum atomic E-state index is 13.5. The Hall–Kier alpha value is -2.43. The van der Waals surface area contributed by atoms with Crippen LogP contribution < -0.4 is 0 Å². The summed E-state index contributed by atoms with van der Waals surface area (Å²) < 4.78 is 66.6. The van der Waals surface area contributed by atoms with Crippen LogP contribution in [-0.4, -0.2) is 60.4 Å². The lowest BCUT2D eigenvalue weighted by Crippen LogP contribution is -2.58. The van der Waals surface area contributed by atoms with Crippen LogP contribution >= 0.6 is 0 Å². The van der Waals surface area contributed by atoms with Gasteiger partial charge in [-0.25, -0.2) is 8.42 Å². The number of aryl methyl sites for hydroxylation is 2. The van der Waals surface area contributed by atoms with Crippen molar-refractivity contribution in [1.82, 2.24) is 9.21 Å². The van der Waals surface area contributed by atoms with Crippen LogP contribution in [0.2, 0.25) is 0 Å². The molecular weight excluding hydrogens is 481 g/mol. The lowest BCUT2D eigenvalue weighted by Gasteiger charge is -2.43. The first kappa shape index (κ1) is 27.2. The Kier molecular flexibility index (Phi) is 8.28. The molecule has 1 N–H and O–H groups in total. The quantitative estimate of drug-likeness (QED) is 0.569. The molecule has 0 saturated carbocycles. The molecule has 35 heavy (non-hydrogen) atoms. The summed E-state index contributed by atoms with van der Waals surface area (Å²) in [5, 5.41) is 9.09. The molecule has 192 valence electrons. The molecule has 0 radical (unpaired) electrons. The molecule has 0 aliphatic carbocycles. The van der Waals surface area contributed by atoms with Gasteiger partial charge in [-0.3, -0.25) is 4.79 Å². The highest BCUT2D eigenvalue weighted by Crippen LogP contribution is 2.30. The minimum atomic E-state index is -4.35. The minimum Gasteiger partial charge on any atom is -0.481 e. The summed E-state index contributed by atoms with van der Waals surface area (Å²) in [7, 11) is -3.82. The lowest BCUT2D eigenvalue weighted by molar-refractivity contribution is -0.138. The van der Waals surface area contributed by atoms with Crippen LogP contribution in [0.4, 0.5) is 13.2 Å². The molecule has 2 atom stereocenters. The molecule has 2 unspecified atom stereocenters. The molecule has 0 spiro atoms. The van der Waals surface area contributed by atoms with Gasteiger partial charge in [0.2, 0.25) is 10.0 Å². The van der Waals surface area contributed by atoms with E-state index in [0.29, 0.717) is 37.2 Å². The Balaban J connectivity index is 1.63. The first-order valence-electron chi connectivity index (χ1n) is 11.5. The van der Waals surface area contributed by atoms with E-state index >= 15 is 0 Å². The number of sulfonamides is 1. The largest absolute Gasteiger partial charge is 0.481 e. The van der Waals surface area contributed by atoms with Crippen molar-refractivity contribution in [3.63, 3.8) is 0 Å². The second-order valence-electron chi connectivity index (χ2n) is 9.32. The summed E-state index contributed by atoms with van der Waals surface area (Å²) in [6.07, 6.45) is -3.22. The molecule has 1 aliphatic heterocycles. The number of aliphatic carboxylic acids is 1. The third-order valence-electron chi connectivity index (χ3n) is 6.18. The summed E-state index contributed by atoms with van der Waals surface area (Å²) in [5.74, 6) is -1.02. The summed E-state index contributed by atoms with van der Waals surface area (Å²) in [6, 6.07) is 9.28. The topological polar surface area (TPSA) is 77.9 Å². The summed E-state index contributed by atoms with van der Waals surface area (Å²) in [4.78, 5) is 13.4. The van der Waals surface area contributed by atoms with Gasteiger partial charge in [0.1, 0.15) is 0 Å². The Morgan fingerprint density at radius 1 is 1.03 bits per heavy atom.